The van der Waals surface area contributed by atoms with Gasteiger partial charge in [0.15, 0.2) is 5.82 Å². The van der Waals surface area contributed by atoms with Crippen molar-refractivity contribution < 1.29 is 4.39 Å². The quantitative estimate of drug-likeness (QED) is 0.890. The van der Waals surface area contributed by atoms with Crippen molar-refractivity contribution in [1.29, 1.82) is 0 Å². The fraction of sp³-hybridized carbons (Fsp3) is 0.333. The van der Waals surface area contributed by atoms with Crippen LogP contribution in [0.5, 0.6) is 0 Å². The van der Waals surface area contributed by atoms with Crippen molar-refractivity contribution in [3.05, 3.63) is 40.2 Å². The lowest BCUT2D eigenvalue weighted by Crippen LogP contribution is -2.03. The molecule has 1 heterocycles. The van der Waals surface area contributed by atoms with Crippen LogP contribution < -0.4 is 5.73 Å². The van der Waals surface area contributed by atoms with Gasteiger partial charge in [0.2, 0.25) is 0 Å². The second-order valence-corrected chi connectivity index (χ2v) is 6.10. The second-order valence-electron chi connectivity index (χ2n) is 5.18. The molecule has 0 bridgehead atoms. The standard InChI is InChI=1S/C15H15BrFN3/c16-11-5-10(6-12(17)7-11)15-19-13(8-14(18)20-15)9-3-1-2-4-9/h5-9H,1-4H2,(H2,18,19,20). The molecular formula is C15H15BrFN3. The van der Waals surface area contributed by atoms with Gasteiger partial charge in [-0.15, -0.1) is 0 Å². The molecule has 5 heteroatoms. The molecule has 0 atom stereocenters. The molecular weight excluding hydrogens is 321 g/mol. The number of anilines is 1. The molecule has 0 unspecified atom stereocenters. The summed E-state index contributed by atoms with van der Waals surface area (Å²) in [7, 11) is 0. The summed E-state index contributed by atoms with van der Waals surface area (Å²) in [5, 5.41) is 0. The highest BCUT2D eigenvalue weighted by atomic mass is 79.9. The smallest absolute Gasteiger partial charge is 0.161 e. The van der Waals surface area contributed by atoms with Gasteiger partial charge in [-0.3, -0.25) is 0 Å². The first-order chi connectivity index (χ1) is 9.61. The maximum Gasteiger partial charge on any atom is 0.161 e. The van der Waals surface area contributed by atoms with Crippen LogP contribution in [0.1, 0.15) is 37.3 Å². The zero-order valence-corrected chi connectivity index (χ0v) is 12.5. The van der Waals surface area contributed by atoms with E-state index in [9.17, 15) is 4.39 Å². The van der Waals surface area contributed by atoms with Crippen molar-refractivity contribution in [2.45, 2.75) is 31.6 Å². The third-order valence-electron chi connectivity index (χ3n) is 3.66. The van der Waals surface area contributed by atoms with Crippen molar-refractivity contribution in [1.82, 2.24) is 9.97 Å². The molecule has 3 rings (SSSR count). The molecule has 1 fully saturated rings. The van der Waals surface area contributed by atoms with Gasteiger partial charge < -0.3 is 5.73 Å². The van der Waals surface area contributed by atoms with E-state index in [2.05, 4.69) is 25.9 Å². The summed E-state index contributed by atoms with van der Waals surface area (Å²) in [5.41, 5.74) is 7.50. The molecule has 1 aromatic heterocycles. The van der Waals surface area contributed by atoms with Gasteiger partial charge in [0, 0.05) is 27.7 Å². The predicted molar refractivity (Wildman–Crippen MR) is 80.7 cm³/mol. The van der Waals surface area contributed by atoms with E-state index >= 15 is 0 Å². The van der Waals surface area contributed by atoms with E-state index in [1.54, 1.807) is 6.07 Å². The lowest BCUT2D eigenvalue weighted by atomic mass is 10.0. The summed E-state index contributed by atoms with van der Waals surface area (Å²) >= 11 is 3.29. The first-order valence-corrected chi connectivity index (χ1v) is 7.52. The highest BCUT2D eigenvalue weighted by Crippen LogP contribution is 2.34. The zero-order chi connectivity index (χ0) is 14.1. The summed E-state index contributed by atoms with van der Waals surface area (Å²) in [5.74, 6) is 1.07. The normalized spacial score (nSPS) is 15.7. The number of halogens is 2. The lowest BCUT2D eigenvalue weighted by Gasteiger charge is -2.11. The number of hydrogen-bond donors (Lipinski definition) is 1. The highest BCUT2D eigenvalue weighted by Gasteiger charge is 2.20. The van der Waals surface area contributed by atoms with Gasteiger partial charge in [-0.1, -0.05) is 28.8 Å². The number of nitrogens with zero attached hydrogens (tertiary/aromatic N) is 2. The highest BCUT2D eigenvalue weighted by molar-refractivity contribution is 9.10. The van der Waals surface area contributed by atoms with Crippen LogP contribution in [0, 0.1) is 5.82 Å². The fourth-order valence-electron chi connectivity index (χ4n) is 2.73. The molecule has 3 nitrogen and oxygen atoms in total. The van der Waals surface area contributed by atoms with Crippen LogP contribution in [0.15, 0.2) is 28.7 Å². The Hall–Kier alpha value is -1.49. The minimum absolute atomic E-state index is 0.317. The van der Waals surface area contributed by atoms with Crippen LogP contribution >= 0.6 is 15.9 Å². The van der Waals surface area contributed by atoms with Crippen LogP contribution in [0.4, 0.5) is 10.2 Å². The number of nitrogens with two attached hydrogens (primary N) is 1. The van der Waals surface area contributed by atoms with E-state index < -0.39 is 0 Å². The van der Waals surface area contributed by atoms with Crippen LogP contribution in [0.2, 0.25) is 0 Å². The summed E-state index contributed by atoms with van der Waals surface area (Å²) in [6, 6.07) is 6.48. The van der Waals surface area contributed by atoms with Gasteiger partial charge in [0.05, 0.1) is 0 Å². The molecule has 0 saturated heterocycles. The Morgan fingerprint density at radius 2 is 1.85 bits per heavy atom. The topological polar surface area (TPSA) is 51.8 Å². The molecule has 104 valence electrons. The Bertz CT molecular complexity index is 619. The molecule has 1 aliphatic carbocycles. The van der Waals surface area contributed by atoms with Crippen LogP contribution in [-0.2, 0) is 0 Å². The summed E-state index contributed by atoms with van der Waals surface area (Å²) in [6.45, 7) is 0. The molecule has 1 saturated carbocycles. The monoisotopic (exact) mass is 335 g/mol. The Morgan fingerprint density at radius 1 is 1.10 bits per heavy atom. The van der Waals surface area contributed by atoms with E-state index in [1.807, 2.05) is 6.07 Å². The van der Waals surface area contributed by atoms with Crippen LogP contribution in [-0.4, -0.2) is 9.97 Å². The predicted octanol–water partition coefficient (Wildman–Crippen LogP) is 4.29. The average Bonchev–Trinajstić information content (AvgIpc) is 2.90. The zero-order valence-electron chi connectivity index (χ0n) is 10.9. The minimum Gasteiger partial charge on any atom is -0.384 e. The lowest BCUT2D eigenvalue weighted by molar-refractivity contribution is 0.627. The number of rotatable bonds is 2. The third kappa shape index (κ3) is 2.82. The molecule has 0 amide bonds. The van der Waals surface area contributed by atoms with E-state index in [0.29, 0.717) is 27.6 Å². The van der Waals surface area contributed by atoms with Gasteiger partial charge in [-0.25, -0.2) is 14.4 Å². The van der Waals surface area contributed by atoms with Crippen molar-refractivity contribution in [2.75, 3.05) is 5.73 Å². The number of hydrogen-bond acceptors (Lipinski definition) is 3. The minimum atomic E-state index is -0.317. The first kappa shape index (κ1) is 13.5. The second kappa shape index (κ2) is 5.48. The molecule has 0 aliphatic heterocycles. The number of aromatic nitrogens is 2. The summed E-state index contributed by atoms with van der Waals surface area (Å²) in [6.07, 6.45) is 4.75. The average molecular weight is 336 g/mol. The van der Waals surface area contributed by atoms with Gasteiger partial charge in [-0.2, -0.15) is 0 Å². The maximum absolute atomic E-state index is 13.5. The Morgan fingerprint density at radius 3 is 2.55 bits per heavy atom. The maximum atomic E-state index is 13.5. The Balaban J connectivity index is 2.04. The SMILES string of the molecule is Nc1cc(C2CCCC2)nc(-c2cc(F)cc(Br)c2)n1. The molecule has 20 heavy (non-hydrogen) atoms. The van der Waals surface area contributed by atoms with Crippen molar-refractivity contribution >= 4 is 21.7 Å². The molecule has 0 radical (unpaired) electrons. The number of benzene rings is 1. The Labute approximate surface area is 125 Å². The van der Waals surface area contributed by atoms with Gasteiger partial charge in [-0.05, 0) is 31.0 Å². The van der Waals surface area contributed by atoms with Gasteiger partial charge in [0.25, 0.3) is 0 Å². The largest absolute Gasteiger partial charge is 0.384 e. The van der Waals surface area contributed by atoms with Crippen molar-refractivity contribution in [3.8, 4) is 11.4 Å². The molecule has 1 aliphatic rings. The van der Waals surface area contributed by atoms with Crippen LogP contribution in [0.25, 0.3) is 11.4 Å². The van der Waals surface area contributed by atoms with Crippen molar-refractivity contribution in [3.63, 3.8) is 0 Å². The summed E-state index contributed by atoms with van der Waals surface area (Å²) in [4.78, 5) is 8.83. The molecule has 2 aromatic rings. The Kier molecular flexibility index (Phi) is 3.70. The van der Waals surface area contributed by atoms with Crippen LogP contribution in [0.3, 0.4) is 0 Å². The third-order valence-corrected chi connectivity index (χ3v) is 4.12. The van der Waals surface area contributed by atoms with E-state index in [1.165, 1.54) is 25.0 Å². The fourth-order valence-corrected chi connectivity index (χ4v) is 3.19. The van der Waals surface area contributed by atoms with E-state index in [0.717, 1.165) is 18.5 Å². The van der Waals surface area contributed by atoms with E-state index in [-0.39, 0.29) is 5.82 Å². The number of nitrogen functional groups attached to an aromatic ring is 1. The van der Waals surface area contributed by atoms with E-state index in [4.69, 9.17) is 5.73 Å². The van der Waals surface area contributed by atoms with Gasteiger partial charge >= 0.3 is 0 Å². The first-order valence-electron chi connectivity index (χ1n) is 6.73. The van der Waals surface area contributed by atoms with Crippen molar-refractivity contribution in [2.24, 2.45) is 0 Å². The molecule has 1 aromatic carbocycles. The molecule has 2 N–H and O–H groups in total. The van der Waals surface area contributed by atoms with Gasteiger partial charge in [0.1, 0.15) is 11.6 Å². The molecule has 0 spiro atoms. The summed E-state index contributed by atoms with van der Waals surface area (Å²) < 4.78 is 14.2.